The highest BCUT2D eigenvalue weighted by Gasteiger charge is 1.98. The maximum atomic E-state index is 5.68. The van der Waals surface area contributed by atoms with Crippen molar-refractivity contribution in [3.63, 3.8) is 0 Å². The minimum absolute atomic E-state index is 0.434. The van der Waals surface area contributed by atoms with Crippen molar-refractivity contribution in [1.82, 2.24) is 10.3 Å². The van der Waals surface area contributed by atoms with Crippen LogP contribution in [0.4, 0.5) is 0 Å². The van der Waals surface area contributed by atoms with Crippen LogP contribution in [0.25, 0.3) is 10.9 Å². The number of benzene rings is 1. The number of fused-ring (bicyclic) bond motifs is 1. The number of para-hydroxylation sites is 1. The van der Waals surface area contributed by atoms with Gasteiger partial charge in [0.1, 0.15) is 0 Å². The average Bonchev–Trinajstić information content (AvgIpc) is 2.76. The van der Waals surface area contributed by atoms with Crippen LogP contribution in [0.2, 0.25) is 0 Å². The molecule has 0 atom stereocenters. The van der Waals surface area contributed by atoms with Crippen LogP contribution in [0.5, 0.6) is 0 Å². The molecule has 1 aromatic heterocycles. The first-order valence-electron chi connectivity index (χ1n) is 5.51. The van der Waals surface area contributed by atoms with E-state index in [1.165, 1.54) is 5.39 Å². The van der Waals surface area contributed by atoms with Crippen LogP contribution in [-0.4, -0.2) is 17.5 Å². The van der Waals surface area contributed by atoms with E-state index in [1.54, 1.807) is 6.08 Å². The molecule has 0 spiro atoms. The highest BCUT2D eigenvalue weighted by Crippen LogP contribution is 2.14. The SMILES string of the molecule is C=CCNC(N)=NCc1cc2ccccc2[nH]1. The van der Waals surface area contributed by atoms with E-state index >= 15 is 0 Å². The van der Waals surface area contributed by atoms with Crippen LogP contribution in [0, 0.1) is 0 Å². The third kappa shape index (κ3) is 2.87. The molecule has 17 heavy (non-hydrogen) atoms. The van der Waals surface area contributed by atoms with E-state index in [0.717, 1.165) is 11.2 Å². The van der Waals surface area contributed by atoms with E-state index in [0.29, 0.717) is 19.0 Å². The largest absolute Gasteiger partial charge is 0.370 e. The maximum absolute atomic E-state index is 5.68. The summed E-state index contributed by atoms with van der Waals surface area (Å²) in [7, 11) is 0. The van der Waals surface area contributed by atoms with Gasteiger partial charge in [-0.3, -0.25) is 0 Å². The minimum Gasteiger partial charge on any atom is -0.370 e. The number of aromatic nitrogens is 1. The Kier molecular flexibility index (Phi) is 3.45. The van der Waals surface area contributed by atoms with Gasteiger partial charge < -0.3 is 16.0 Å². The summed E-state index contributed by atoms with van der Waals surface area (Å²) in [6.45, 7) is 4.77. The van der Waals surface area contributed by atoms with Crippen LogP contribution < -0.4 is 11.1 Å². The molecule has 2 rings (SSSR count). The molecule has 0 aliphatic carbocycles. The number of aromatic amines is 1. The maximum Gasteiger partial charge on any atom is 0.189 e. The molecule has 0 bridgehead atoms. The number of rotatable bonds is 4. The first-order valence-corrected chi connectivity index (χ1v) is 5.51. The van der Waals surface area contributed by atoms with Crippen molar-refractivity contribution in [3.8, 4) is 0 Å². The molecule has 0 aliphatic heterocycles. The van der Waals surface area contributed by atoms with Gasteiger partial charge >= 0.3 is 0 Å². The molecule has 0 saturated heterocycles. The Balaban J connectivity index is 2.05. The highest BCUT2D eigenvalue weighted by molar-refractivity contribution is 5.80. The molecule has 1 aromatic carbocycles. The Labute approximate surface area is 100 Å². The number of nitrogens with zero attached hydrogens (tertiary/aromatic N) is 1. The molecule has 1 heterocycles. The molecule has 4 nitrogen and oxygen atoms in total. The second-order valence-electron chi connectivity index (χ2n) is 3.75. The second-order valence-corrected chi connectivity index (χ2v) is 3.75. The van der Waals surface area contributed by atoms with Gasteiger partial charge in [-0.25, -0.2) is 4.99 Å². The zero-order chi connectivity index (χ0) is 12.1. The van der Waals surface area contributed by atoms with Gasteiger partial charge in [0.2, 0.25) is 0 Å². The van der Waals surface area contributed by atoms with E-state index in [9.17, 15) is 0 Å². The Bertz CT molecular complexity index is 506. The van der Waals surface area contributed by atoms with Crippen molar-refractivity contribution in [2.75, 3.05) is 6.54 Å². The topological polar surface area (TPSA) is 66.2 Å². The summed E-state index contributed by atoms with van der Waals surface area (Å²) >= 11 is 0. The molecule has 0 saturated carbocycles. The summed E-state index contributed by atoms with van der Waals surface area (Å²) in [5.74, 6) is 0.434. The molecule has 88 valence electrons. The number of nitrogens with one attached hydrogen (secondary N) is 2. The molecule has 2 aromatic rings. The van der Waals surface area contributed by atoms with E-state index in [1.807, 2.05) is 18.2 Å². The second kappa shape index (κ2) is 5.21. The average molecular weight is 228 g/mol. The van der Waals surface area contributed by atoms with Crippen molar-refractivity contribution in [2.24, 2.45) is 10.7 Å². The predicted octanol–water partition coefficient (Wildman–Crippen LogP) is 1.76. The van der Waals surface area contributed by atoms with Crippen LogP contribution in [-0.2, 0) is 6.54 Å². The van der Waals surface area contributed by atoms with Gasteiger partial charge in [0.05, 0.1) is 6.54 Å². The summed E-state index contributed by atoms with van der Waals surface area (Å²) in [6, 6.07) is 10.2. The number of aliphatic imine (C=N–C) groups is 1. The van der Waals surface area contributed by atoms with E-state index in [4.69, 9.17) is 5.73 Å². The van der Waals surface area contributed by atoms with Crippen LogP contribution in [0.15, 0.2) is 48.0 Å². The molecular weight excluding hydrogens is 212 g/mol. The number of hydrogen-bond donors (Lipinski definition) is 3. The Morgan fingerprint density at radius 1 is 1.47 bits per heavy atom. The van der Waals surface area contributed by atoms with Gasteiger partial charge in [-0.2, -0.15) is 0 Å². The van der Waals surface area contributed by atoms with Crippen molar-refractivity contribution in [3.05, 3.63) is 48.7 Å². The standard InChI is InChI=1S/C13H16N4/c1-2-7-15-13(14)16-9-11-8-10-5-3-4-6-12(10)17-11/h2-6,8,17H,1,7,9H2,(H3,14,15,16). The molecule has 0 unspecified atom stereocenters. The summed E-state index contributed by atoms with van der Waals surface area (Å²) in [5, 5.41) is 4.12. The highest BCUT2D eigenvalue weighted by atomic mass is 15.1. The fourth-order valence-electron chi connectivity index (χ4n) is 1.62. The fraction of sp³-hybridized carbons (Fsp3) is 0.154. The monoisotopic (exact) mass is 228 g/mol. The van der Waals surface area contributed by atoms with Gasteiger partial charge in [0.25, 0.3) is 0 Å². The third-order valence-electron chi connectivity index (χ3n) is 2.43. The lowest BCUT2D eigenvalue weighted by Gasteiger charge is -2.00. The Hall–Kier alpha value is -2.23. The molecule has 4 heteroatoms. The lowest BCUT2D eigenvalue weighted by molar-refractivity contribution is 0.953. The lowest BCUT2D eigenvalue weighted by Crippen LogP contribution is -2.31. The normalized spacial score (nSPS) is 11.6. The first kappa shape index (κ1) is 11.3. The molecular formula is C13H16N4. The number of nitrogens with two attached hydrogens (primary N) is 1. The van der Waals surface area contributed by atoms with Gasteiger partial charge in [-0.1, -0.05) is 24.3 Å². The molecule has 0 radical (unpaired) electrons. The Morgan fingerprint density at radius 2 is 2.29 bits per heavy atom. The predicted molar refractivity (Wildman–Crippen MR) is 71.8 cm³/mol. The summed E-state index contributed by atoms with van der Waals surface area (Å²) in [4.78, 5) is 7.53. The van der Waals surface area contributed by atoms with E-state index in [-0.39, 0.29) is 0 Å². The minimum atomic E-state index is 0.434. The van der Waals surface area contributed by atoms with Crippen molar-refractivity contribution in [2.45, 2.75) is 6.54 Å². The molecule has 4 N–H and O–H groups in total. The molecule has 0 amide bonds. The zero-order valence-electron chi connectivity index (χ0n) is 9.61. The van der Waals surface area contributed by atoms with Gasteiger partial charge in [-0.05, 0) is 17.5 Å². The zero-order valence-corrected chi connectivity index (χ0v) is 9.61. The van der Waals surface area contributed by atoms with E-state index < -0.39 is 0 Å². The Morgan fingerprint density at radius 3 is 3.06 bits per heavy atom. The third-order valence-corrected chi connectivity index (χ3v) is 2.43. The van der Waals surface area contributed by atoms with Gasteiger partial charge in [-0.15, -0.1) is 6.58 Å². The van der Waals surface area contributed by atoms with Gasteiger partial charge in [0.15, 0.2) is 5.96 Å². The van der Waals surface area contributed by atoms with Crippen molar-refractivity contribution < 1.29 is 0 Å². The lowest BCUT2D eigenvalue weighted by atomic mass is 10.2. The summed E-state index contributed by atoms with van der Waals surface area (Å²) in [6.07, 6.45) is 1.74. The van der Waals surface area contributed by atoms with Crippen molar-refractivity contribution in [1.29, 1.82) is 0 Å². The number of H-pyrrole nitrogens is 1. The summed E-state index contributed by atoms with van der Waals surface area (Å²) < 4.78 is 0. The van der Waals surface area contributed by atoms with Crippen LogP contribution in [0.1, 0.15) is 5.69 Å². The molecule has 0 aliphatic rings. The number of guanidine groups is 1. The smallest absolute Gasteiger partial charge is 0.189 e. The van der Waals surface area contributed by atoms with E-state index in [2.05, 4.69) is 34.0 Å². The summed E-state index contributed by atoms with van der Waals surface area (Å²) in [5.41, 5.74) is 7.85. The first-order chi connectivity index (χ1) is 8.29. The fourth-order valence-corrected chi connectivity index (χ4v) is 1.62. The quantitative estimate of drug-likeness (QED) is 0.424. The van der Waals surface area contributed by atoms with Crippen molar-refractivity contribution >= 4 is 16.9 Å². The van der Waals surface area contributed by atoms with Crippen LogP contribution in [0.3, 0.4) is 0 Å². The molecule has 0 fully saturated rings. The number of hydrogen-bond acceptors (Lipinski definition) is 1. The van der Waals surface area contributed by atoms with Crippen LogP contribution >= 0.6 is 0 Å². The van der Waals surface area contributed by atoms with Gasteiger partial charge in [0, 0.05) is 17.8 Å².